The minimum absolute atomic E-state index is 0.213. The summed E-state index contributed by atoms with van der Waals surface area (Å²) in [5.41, 5.74) is 3.77. The highest BCUT2D eigenvalue weighted by Gasteiger charge is 2.41. The van der Waals surface area contributed by atoms with Gasteiger partial charge in [0, 0.05) is 12.3 Å². The van der Waals surface area contributed by atoms with Gasteiger partial charge in [-0.05, 0) is 48.2 Å². The van der Waals surface area contributed by atoms with Crippen LogP contribution in [-0.2, 0) is 25.6 Å². The van der Waals surface area contributed by atoms with Crippen molar-refractivity contribution in [3.8, 4) is 9.88 Å². The third kappa shape index (κ3) is 4.86. The van der Waals surface area contributed by atoms with Crippen LogP contribution in [0.25, 0.3) is 9.88 Å². The second-order valence-electron chi connectivity index (χ2n) is 7.39. The van der Waals surface area contributed by atoms with Gasteiger partial charge in [-0.1, -0.05) is 41.9 Å². The Bertz CT molecular complexity index is 1360. The summed E-state index contributed by atoms with van der Waals surface area (Å²) in [6.07, 6.45) is 0. The van der Waals surface area contributed by atoms with Gasteiger partial charge in [0.05, 0.1) is 27.0 Å². The van der Waals surface area contributed by atoms with Crippen LogP contribution in [0.4, 0.5) is 11.4 Å². The van der Waals surface area contributed by atoms with Crippen LogP contribution < -0.4 is 10.4 Å². The fraction of sp³-hybridized carbons (Fsp3) is 0.130. The highest BCUT2D eigenvalue weighted by molar-refractivity contribution is 7.67. The highest BCUT2D eigenvalue weighted by Crippen LogP contribution is 2.43. The monoisotopic (exact) mass is 533 g/mol. The molecule has 1 amide bonds. The smallest absolute Gasteiger partial charge is 0.277 e. The van der Waals surface area contributed by atoms with Gasteiger partial charge >= 0.3 is 0 Å². The number of carbonyl (C=O) groups excluding carboxylic acids is 1. The number of rotatable bonds is 8. The van der Waals surface area contributed by atoms with Gasteiger partial charge in [-0.2, -0.15) is 4.28 Å². The second kappa shape index (κ2) is 10.2. The number of benzene rings is 2. The van der Waals surface area contributed by atoms with E-state index in [4.69, 9.17) is 16.6 Å². The molecule has 2 aromatic heterocycles. The Morgan fingerprint density at radius 2 is 1.82 bits per heavy atom. The molecule has 0 aliphatic carbocycles. The summed E-state index contributed by atoms with van der Waals surface area (Å²) in [5, 5.41) is 5.22. The average molecular weight is 534 g/mol. The zero-order chi connectivity index (χ0) is 24.3. The maximum absolute atomic E-state index is 13.1. The van der Waals surface area contributed by atoms with E-state index in [1.165, 1.54) is 18.3 Å². The first-order valence-electron chi connectivity index (χ1n) is 10.0. The molecule has 0 aliphatic heterocycles. The van der Waals surface area contributed by atoms with Gasteiger partial charge in [0.15, 0.2) is 0 Å². The van der Waals surface area contributed by atoms with Crippen molar-refractivity contribution < 1.29 is 17.5 Å². The molecule has 0 saturated heterocycles. The lowest BCUT2D eigenvalue weighted by Gasteiger charge is -2.41. The lowest BCUT2D eigenvalue weighted by atomic mass is 9.86. The number of thiophene rings is 1. The normalized spacial score (nSPS) is 12.9. The maximum Gasteiger partial charge on any atom is 0.277 e. The van der Waals surface area contributed by atoms with E-state index in [0.717, 1.165) is 15.4 Å². The summed E-state index contributed by atoms with van der Waals surface area (Å²) in [5.74, 6) is -0.213. The number of nitrogens with one attached hydrogen (secondary N) is 1. The number of hydrogen-bond acceptors (Lipinski definition) is 8. The van der Waals surface area contributed by atoms with Gasteiger partial charge in [0.1, 0.15) is 10.5 Å². The van der Waals surface area contributed by atoms with Gasteiger partial charge in [-0.25, -0.2) is 18.9 Å². The first kappa shape index (κ1) is 24.4. The maximum atomic E-state index is 13.1. The Hall–Kier alpha value is -2.76. The van der Waals surface area contributed by atoms with E-state index in [1.807, 2.05) is 35.9 Å². The molecule has 34 heavy (non-hydrogen) atoms. The molecule has 0 aliphatic rings. The van der Waals surface area contributed by atoms with Crippen molar-refractivity contribution in [3.63, 3.8) is 0 Å². The van der Waals surface area contributed by atoms with Crippen molar-refractivity contribution in [1.29, 1.82) is 0 Å². The zero-order valence-electron chi connectivity index (χ0n) is 18.1. The van der Waals surface area contributed by atoms with E-state index < -0.39 is 16.5 Å². The minimum Gasteiger partial charge on any atom is -0.295 e. The number of para-hydroxylation sites is 1. The Labute approximate surface area is 211 Å². The van der Waals surface area contributed by atoms with Crippen LogP contribution in [0.1, 0.15) is 25.1 Å². The second-order valence-corrected chi connectivity index (χ2v) is 10.2. The Morgan fingerprint density at radius 1 is 1.09 bits per heavy atom. The minimum atomic E-state index is -3.05. The third-order valence-corrected chi connectivity index (χ3v) is 7.72. The molecule has 4 rings (SSSR count). The summed E-state index contributed by atoms with van der Waals surface area (Å²) in [7, 11) is -3.05. The van der Waals surface area contributed by atoms with E-state index in [9.17, 15) is 13.2 Å². The summed E-state index contributed by atoms with van der Waals surface area (Å²) >= 11 is 9.63. The molecule has 2 aromatic carbocycles. The number of thiol groups is 1. The van der Waals surface area contributed by atoms with E-state index in [2.05, 4.69) is 9.76 Å². The molecule has 1 N–H and O–H groups in total. The fourth-order valence-electron chi connectivity index (χ4n) is 3.71. The number of thiazole rings is 1. The van der Waals surface area contributed by atoms with Crippen LogP contribution in [0.15, 0.2) is 71.4 Å². The molecular weight excluding hydrogens is 514 g/mol. The number of amides is 1. The Balaban J connectivity index is 1.87. The van der Waals surface area contributed by atoms with Crippen LogP contribution in [0, 0.1) is 0 Å². The summed E-state index contributed by atoms with van der Waals surface area (Å²) in [6, 6.07) is 18.1. The van der Waals surface area contributed by atoms with E-state index in [-0.39, 0.29) is 5.91 Å². The SMILES string of the molecule is CC(=O)N(c1ccccc1Cl)[C@@](C)(c1ccc(NO[SH](=O)=O)cc1)c1csc(-c2cccs2)n1. The molecule has 0 radical (unpaired) electrons. The molecular formula is C23H20ClN3O4S3. The van der Waals surface area contributed by atoms with Crippen LogP contribution in [-0.4, -0.2) is 19.3 Å². The van der Waals surface area contributed by atoms with Crippen molar-refractivity contribution in [2.45, 2.75) is 19.4 Å². The first-order valence-corrected chi connectivity index (χ1v) is 13.3. The number of hydrogen-bond donors (Lipinski definition) is 2. The molecule has 4 aromatic rings. The summed E-state index contributed by atoms with van der Waals surface area (Å²) in [6.45, 7) is 3.40. The predicted molar refractivity (Wildman–Crippen MR) is 138 cm³/mol. The van der Waals surface area contributed by atoms with Gasteiger partial charge in [-0.3, -0.25) is 9.69 Å². The standard InChI is InChI=1S/C23H20ClN3O4S3/c1-15(28)27(19-7-4-3-6-18(19)24)23(2,16-9-11-17(12-10-16)26-31-34(29)30)21-14-33-22(25-21)20-8-5-13-32-20/h3-14,26,34H,1-2H3/t23-/m0/s1. The molecule has 0 spiro atoms. The van der Waals surface area contributed by atoms with Crippen LogP contribution in [0.2, 0.25) is 5.02 Å². The van der Waals surface area contributed by atoms with Crippen LogP contribution >= 0.6 is 34.3 Å². The molecule has 0 unspecified atom stereocenters. The van der Waals surface area contributed by atoms with Crippen molar-refractivity contribution in [1.82, 2.24) is 4.98 Å². The number of halogens is 1. The van der Waals surface area contributed by atoms with E-state index in [1.54, 1.807) is 58.7 Å². The summed E-state index contributed by atoms with van der Waals surface area (Å²) < 4.78 is 25.9. The quantitative estimate of drug-likeness (QED) is 0.223. The van der Waals surface area contributed by atoms with E-state index >= 15 is 0 Å². The van der Waals surface area contributed by atoms with Crippen LogP contribution in [0.3, 0.4) is 0 Å². The number of nitrogens with zero attached hydrogens (tertiary/aromatic N) is 2. The molecule has 176 valence electrons. The van der Waals surface area contributed by atoms with E-state index in [0.29, 0.717) is 22.1 Å². The Kier molecular flexibility index (Phi) is 7.34. The molecule has 1 atom stereocenters. The van der Waals surface area contributed by atoms with Crippen LogP contribution in [0.5, 0.6) is 0 Å². The predicted octanol–water partition coefficient (Wildman–Crippen LogP) is 5.71. The van der Waals surface area contributed by atoms with Gasteiger partial charge < -0.3 is 0 Å². The van der Waals surface area contributed by atoms with Crippen molar-refractivity contribution in [2.24, 2.45) is 0 Å². The first-order chi connectivity index (χ1) is 16.3. The van der Waals surface area contributed by atoms with Crippen molar-refractivity contribution >= 4 is 62.5 Å². The largest absolute Gasteiger partial charge is 0.295 e. The number of aromatic nitrogens is 1. The fourth-order valence-corrected chi connectivity index (χ4v) is 5.85. The molecule has 7 nitrogen and oxygen atoms in total. The molecule has 0 bridgehead atoms. The lowest BCUT2D eigenvalue weighted by molar-refractivity contribution is -0.117. The van der Waals surface area contributed by atoms with Crippen molar-refractivity contribution in [2.75, 3.05) is 10.4 Å². The average Bonchev–Trinajstić information content (AvgIpc) is 3.51. The molecule has 0 fully saturated rings. The third-order valence-electron chi connectivity index (χ3n) is 5.28. The molecule has 0 saturated carbocycles. The topological polar surface area (TPSA) is 88.6 Å². The zero-order valence-corrected chi connectivity index (χ0v) is 21.4. The van der Waals surface area contributed by atoms with Gasteiger partial charge in [0.2, 0.25) is 5.91 Å². The molecule has 2 heterocycles. The summed E-state index contributed by atoms with van der Waals surface area (Å²) in [4.78, 5) is 20.7. The van der Waals surface area contributed by atoms with Gasteiger partial charge in [0.25, 0.3) is 11.0 Å². The van der Waals surface area contributed by atoms with Crippen molar-refractivity contribution in [3.05, 3.63) is 87.7 Å². The number of anilines is 2. The number of carbonyl (C=O) groups is 1. The molecule has 11 heteroatoms. The lowest BCUT2D eigenvalue weighted by Crippen LogP contribution is -2.48. The Morgan fingerprint density at radius 3 is 2.44 bits per heavy atom. The highest BCUT2D eigenvalue weighted by atomic mass is 35.5. The van der Waals surface area contributed by atoms with Gasteiger partial charge in [-0.15, -0.1) is 22.7 Å².